The summed E-state index contributed by atoms with van der Waals surface area (Å²) in [6.07, 6.45) is -10.4. The number of nitrogens with two attached hydrogens (primary N) is 2. The molecule has 2 heterocycles. The Morgan fingerprint density at radius 3 is 1.11 bits per heavy atom. The lowest BCUT2D eigenvalue weighted by atomic mass is 10.1. The third kappa shape index (κ3) is 17.8. The molecule has 444 valence electrons. The lowest BCUT2D eigenvalue weighted by molar-refractivity contribution is -0.344. The first-order chi connectivity index (χ1) is 39.2. The molecule has 8 N–H and O–H groups in total. The average Bonchev–Trinajstić information content (AvgIpc) is 2.34. The smallest absolute Gasteiger partial charge is 0.430 e. The Hall–Kier alpha value is -9.42. The molecule has 16 nitrogen and oxygen atoms in total. The van der Waals surface area contributed by atoms with Gasteiger partial charge in [0.1, 0.15) is 58.0 Å². The SMILES string of the molecule is CC[N+](C)(C)c1ccc(CNC(=O)c2cc3cc(F)ccc3n2Cc2cccc(C(=N)N)c2)cc1.CC[N+](C)(C)c1ccc(CNC(=O)c2cc3cc(F)ccc3n2Cc2cccc(C(=N)N)c2)cc1.O=C([O-])C(F)(F)F.O=C([O-])C(F)(F)F. The summed E-state index contributed by atoms with van der Waals surface area (Å²) in [7, 11) is 8.63. The fourth-order valence-corrected chi connectivity index (χ4v) is 8.19. The summed E-state index contributed by atoms with van der Waals surface area (Å²) in [6.45, 7) is 7.80. The number of carbonyl (C=O) groups excluding carboxylic acids is 4. The molecule has 84 heavy (non-hydrogen) atoms. The molecule has 8 rings (SSSR count). The summed E-state index contributed by atoms with van der Waals surface area (Å²) in [5, 5.41) is 40.3. The molecule has 0 bridgehead atoms. The van der Waals surface area contributed by atoms with E-state index in [9.17, 15) is 44.7 Å². The summed E-state index contributed by atoms with van der Waals surface area (Å²) >= 11 is 0. The molecule has 2 amide bonds. The van der Waals surface area contributed by atoms with Gasteiger partial charge in [-0.3, -0.25) is 29.4 Å². The first-order valence-corrected chi connectivity index (χ1v) is 25.7. The molecule has 0 unspecified atom stereocenters. The fraction of sp³-hybridized carbons (Fsp3) is 0.233. The molecule has 0 atom stereocenters. The topological polar surface area (TPSA) is 248 Å². The second-order valence-electron chi connectivity index (χ2n) is 20.1. The molecule has 0 aliphatic rings. The van der Waals surface area contributed by atoms with E-state index in [0.717, 1.165) is 55.3 Å². The third-order valence-corrected chi connectivity index (χ3v) is 13.6. The summed E-state index contributed by atoms with van der Waals surface area (Å²) in [4.78, 5) is 44.1. The van der Waals surface area contributed by atoms with Crippen molar-refractivity contribution in [1.82, 2.24) is 28.7 Å². The highest BCUT2D eigenvalue weighted by atomic mass is 19.4. The number of aromatic nitrogens is 2. The molecule has 6 aromatic carbocycles. The van der Waals surface area contributed by atoms with E-state index in [4.69, 9.17) is 42.1 Å². The van der Waals surface area contributed by atoms with Crippen molar-refractivity contribution in [2.45, 2.75) is 52.4 Å². The predicted molar refractivity (Wildman–Crippen MR) is 303 cm³/mol. The van der Waals surface area contributed by atoms with Crippen molar-refractivity contribution in [2.75, 3.05) is 41.3 Å². The highest BCUT2D eigenvalue weighted by Crippen LogP contribution is 2.27. The number of fused-ring (bicyclic) bond motifs is 2. The first kappa shape index (κ1) is 65.4. The van der Waals surface area contributed by atoms with Crippen LogP contribution in [-0.2, 0) is 35.8 Å². The lowest BCUT2D eigenvalue weighted by Gasteiger charge is -2.27. The van der Waals surface area contributed by atoms with Gasteiger partial charge in [0.15, 0.2) is 0 Å². The van der Waals surface area contributed by atoms with Crippen molar-refractivity contribution in [3.8, 4) is 0 Å². The van der Waals surface area contributed by atoms with E-state index in [0.29, 0.717) is 59.5 Å². The van der Waals surface area contributed by atoms with Crippen LogP contribution in [-0.4, -0.2) is 98.2 Å². The van der Waals surface area contributed by atoms with Crippen LogP contribution in [0.1, 0.15) is 68.2 Å². The van der Waals surface area contributed by atoms with Gasteiger partial charge in [-0.15, -0.1) is 0 Å². The largest absolute Gasteiger partial charge is 0.542 e. The molecule has 0 saturated carbocycles. The number of benzene rings is 6. The van der Waals surface area contributed by atoms with E-state index in [1.807, 2.05) is 69.8 Å². The molecular formula is C60H62F8N10O6. The van der Waals surface area contributed by atoms with E-state index in [-0.39, 0.29) is 35.1 Å². The number of hydrogen-bond acceptors (Lipinski definition) is 8. The number of alkyl halides is 6. The number of nitrogens with zero attached hydrogens (tertiary/aromatic N) is 4. The molecule has 0 radical (unpaired) electrons. The molecule has 0 saturated heterocycles. The maximum Gasteiger partial charge on any atom is 0.430 e. The minimum atomic E-state index is -5.19. The zero-order chi connectivity index (χ0) is 62.5. The molecule has 0 aliphatic heterocycles. The maximum absolute atomic E-state index is 13.9. The summed E-state index contributed by atoms with van der Waals surface area (Å²) < 4.78 is 96.2. The van der Waals surface area contributed by atoms with E-state index in [1.165, 1.54) is 35.6 Å². The van der Waals surface area contributed by atoms with Crippen LogP contribution in [0, 0.1) is 22.5 Å². The number of nitrogens with one attached hydrogen (secondary N) is 4. The lowest BCUT2D eigenvalue weighted by Crippen LogP contribution is -2.39. The van der Waals surface area contributed by atoms with Gasteiger partial charge in [0.2, 0.25) is 0 Å². The number of nitrogen functional groups attached to an aromatic ring is 2. The number of carboxylic acid groups (broad SMARTS) is 2. The van der Waals surface area contributed by atoms with E-state index >= 15 is 0 Å². The normalized spacial score (nSPS) is 11.5. The average molecular weight is 1170 g/mol. The Bertz CT molecular complexity index is 3430. The quantitative estimate of drug-likeness (QED) is 0.0240. The number of halogens is 8. The Kier molecular flexibility index (Phi) is 21.5. The van der Waals surface area contributed by atoms with Gasteiger partial charge in [-0.25, -0.2) is 8.78 Å². The number of rotatable bonds is 16. The van der Waals surface area contributed by atoms with Crippen molar-refractivity contribution in [1.29, 1.82) is 10.8 Å². The van der Waals surface area contributed by atoms with Crippen molar-refractivity contribution in [3.05, 3.63) is 202 Å². The van der Waals surface area contributed by atoms with Crippen molar-refractivity contribution in [2.24, 2.45) is 11.5 Å². The number of amidine groups is 2. The molecular weight excluding hydrogens is 1110 g/mol. The summed E-state index contributed by atoms with van der Waals surface area (Å²) in [5.74, 6) is -7.23. The minimum absolute atomic E-state index is 0.0172. The van der Waals surface area contributed by atoms with Gasteiger partial charge in [0.25, 0.3) is 11.8 Å². The predicted octanol–water partition coefficient (Wildman–Crippen LogP) is 7.86. The minimum Gasteiger partial charge on any atom is -0.542 e. The van der Waals surface area contributed by atoms with Gasteiger partial charge in [0.05, 0.1) is 41.3 Å². The van der Waals surface area contributed by atoms with Gasteiger partial charge in [-0.05, 0) is 121 Å². The highest BCUT2D eigenvalue weighted by molar-refractivity contribution is 6.00. The van der Waals surface area contributed by atoms with Crippen molar-refractivity contribution < 1.29 is 64.5 Å². The van der Waals surface area contributed by atoms with Gasteiger partial charge in [-0.1, -0.05) is 60.7 Å². The Morgan fingerprint density at radius 2 is 0.821 bits per heavy atom. The number of carboxylic acids is 2. The van der Waals surface area contributed by atoms with Crippen LogP contribution < -0.4 is 41.3 Å². The summed E-state index contributed by atoms with van der Waals surface area (Å²) in [5.41, 5.74) is 21.1. The van der Waals surface area contributed by atoms with Gasteiger partial charge < -0.3 is 51.0 Å². The number of carbonyl (C=O) groups is 4. The van der Waals surface area contributed by atoms with Crippen LogP contribution in [0.25, 0.3) is 21.8 Å². The number of aliphatic carboxylic acids is 2. The van der Waals surface area contributed by atoms with Gasteiger partial charge in [-0.2, -0.15) is 26.3 Å². The monoisotopic (exact) mass is 1170 g/mol. The Balaban J connectivity index is 0.000000250. The zero-order valence-corrected chi connectivity index (χ0v) is 46.5. The molecule has 2 aromatic heterocycles. The molecule has 24 heteroatoms. The highest BCUT2D eigenvalue weighted by Gasteiger charge is 2.30. The van der Waals surface area contributed by atoms with Crippen LogP contribution in [0.2, 0.25) is 0 Å². The van der Waals surface area contributed by atoms with Gasteiger partial charge >= 0.3 is 12.4 Å². The summed E-state index contributed by atoms with van der Waals surface area (Å²) in [6, 6.07) is 43.6. The fourth-order valence-electron chi connectivity index (χ4n) is 8.19. The second kappa shape index (κ2) is 27.6. The first-order valence-electron chi connectivity index (χ1n) is 25.7. The second-order valence-corrected chi connectivity index (χ2v) is 20.1. The van der Waals surface area contributed by atoms with Crippen LogP contribution >= 0.6 is 0 Å². The molecule has 0 aliphatic carbocycles. The zero-order valence-electron chi connectivity index (χ0n) is 46.5. The Labute approximate surface area is 478 Å². The van der Waals surface area contributed by atoms with E-state index < -0.39 is 24.3 Å². The number of hydrogen-bond donors (Lipinski definition) is 6. The molecule has 8 aromatic rings. The van der Waals surface area contributed by atoms with Crippen molar-refractivity contribution in [3.63, 3.8) is 0 Å². The third-order valence-electron chi connectivity index (χ3n) is 13.6. The van der Waals surface area contributed by atoms with E-state index in [1.54, 1.807) is 36.4 Å². The molecule has 0 fully saturated rings. The van der Waals surface area contributed by atoms with Gasteiger partial charge in [0, 0.05) is 59.1 Å². The molecule has 0 spiro atoms. The Morgan fingerprint density at radius 1 is 0.500 bits per heavy atom. The standard InChI is InChI=1S/2C28H30FN5O.2C2HF3O2/c2*1-4-34(2,3)24-11-8-19(9-12-24)17-32-28(35)26-16-22-15-23(29)10-13-25(22)33(26)18-20-6-5-7-21(14-20)27(30)31;2*3-2(4,5)1(6)7/h2*5-16H,4,17-18H2,1-3H3,(H3-,30,31,32,35);2*(H,6,7). The van der Waals surface area contributed by atoms with E-state index in [2.05, 4.69) is 76.9 Å². The van der Waals surface area contributed by atoms with Crippen LogP contribution in [0.3, 0.4) is 0 Å². The van der Waals surface area contributed by atoms with Crippen LogP contribution in [0.15, 0.2) is 146 Å². The maximum atomic E-state index is 13.9. The number of quaternary nitrogens is 2. The van der Waals surface area contributed by atoms with Crippen LogP contribution in [0.4, 0.5) is 46.5 Å². The van der Waals surface area contributed by atoms with Crippen LogP contribution in [0.5, 0.6) is 0 Å². The number of amides is 2. The van der Waals surface area contributed by atoms with Crippen molar-refractivity contribution >= 4 is 68.6 Å².